The van der Waals surface area contributed by atoms with E-state index in [-0.39, 0.29) is 10.7 Å². The molecule has 0 spiro atoms. The predicted molar refractivity (Wildman–Crippen MR) is 125 cm³/mol. The van der Waals surface area contributed by atoms with Crippen LogP contribution in [-0.4, -0.2) is 31.6 Å². The highest BCUT2D eigenvalue weighted by Crippen LogP contribution is 2.21. The van der Waals surface area contributed by atoms with Gasteiger partial charge >= 0.3 is 0 Å². The van der Waals surface area contributed by atoms with Gasteiger partial charge in [0, 0.05) is 9.77 Å². The first-order chi connectivity index (χ1) is 14.4. The minimum atomic E-state index is -3.98. The molecular formula is C21H19IN4O3S. The Morgan fingerprint density at radius 2 is 1.70 bits per heavy atom. The second-order valence-corrected chi connectivity index (χ2v) is 9.36. The molecule has 0 aliphatic heterocycles. The minimum Gasteiger partial charge on any atom is -0.271 e. The van der Waals surface area contributed by atoms with Gasteiger partial charge in [0.25, 0.3) is 15.9 Å². The molecule has 0 saturated carbocycles. The lowest BCUT2D eigenvalue weighted by Gasteiger charge is -2.22. The van der Waals surface area contributed by atoms with Crippen molar-refractivity contribution < 1.29 is 13.2 Å². The molecule has 9 heteroatoms. The minimum absolute atomic E-state index is 0.0713. The van der Waals surface area contributed by atoms with Gasteiger partial charge in [0.2, 0.25) is 0 Å². The summed E-state index contributed by atoms with van der Waals surface area (Å²) in [5.74, 6) is -0.431. The fourth-order valence-electron chi connectivity index (χ4n) is 2.58. The number of sulfonamides is 1. The summed E-state index contributed by atoms with van der Waals surface area (Å²) in [5, 5.41) is 4.10. The van der Waals surface area contributed by atoms with Gasteiger partial charge < -0.3 is 0 Å². The number of anilines is 1. The van der Waals surface area contributed by atoms with Crippen molar-refractivity contribution in [1.82, 2.24) is 10.4 Å². The first kappa shape index (κ1) is 21.9. The largest absolute Gasteiger partial charge is 0.271 e. The van der Waals surface area contributed by atoms with E-state index in [0.717, 1.165) is 13.4 Å². The quantitative estimate of drug-likeness (QED) is 0.286. The highest BCUT2D eigenvalue weighted by atomic mass is 127. The Morgan fingerprint density at radius 3 is 2.33 bits per heavy atom. The molecule has 1 amide bonds. The molecule has 0 aliphatic carbocycles. The number of hydrogen-bond donors (Lipinski definition) is 1. The number of carbonyl (C=O) groups excluding carboxylic acids is 1. The van der Waals surface area contributed by atoms with Gasteiger partial charge in [-0.05, 0) is 71.5 Å². The molecule has 3 aromatic rings. The van der Waals surface area contributed by atoms with Crippen molar-refractivity contribution in [2.45, 2.75) is 11.8 Å². The molecule has 0 aliphatic rings. The van der Waals surface area contributed by atoms with Crippen LogP contribution in [0.2, 0.25) is 0 Å². The summed E-state index contributed by atoms with van der Waals surface area (Å²) in [5.41, 5.74) is 3.89. The van der Waals surface area contributed by atoms with Crippen molar-refractivity contribution in [2.75, 3.05) is 10.8 Å². The van der Waals surface area contributed by atoms with E-state index < -0.39 is 22.5 Å². The smallest absolute Gasteiger partial charge is 0.265 e. The predicted octanol–water partition coefficient (Wildman–Crippen LogP) is 3.42. The van der Waals surface area contributed by atoms with Gasteiger partial charge in [-0.2, -0.15) is 5.10 Å². The SMILES string of the molecule is C/C(=N\NC(=O)CN(c1ccccn1)S(=O)(=O)c1ccccc1)c1ccc(I)cc1. The Hall–Kier alpha value is -2.79. The van der Waals surface area contributed by atoms with Crippen LogP contribution in [0.4, 0.5) is 5.82 Å². The second-order valence-electron chi connectivity index (χ2n) is 6.25. The summed E-state index contributed by atoms with van der Waals surface area (Å²) in [6.07, 6.45) is 1.47. The lowest BCUT2D eigenvalue weighted by molar-refractivity contribution is -0.119. The van der Waals surface area contributed by atoms with Crippen molar-refractivity contribution in [1.29, 1.82) is 0 Å². The number of pyridine rings is 1. The maximum atomic E-state index is 13.1. The third kappa shape index (κ3) is 5.42. The number of nitrogens with one attached hydrogen (secondary N) is 1. The molecule has 0 unspecified atom stereocenters. The van der Waals surface area contributed by atoms with Gasteiger partial charge in [-0.25, -0.2) is 23.1 Å². The standard InChI is InChI=1S/C21H19IN4O3S/c1-16(17-10-12-18(22)13-11-17)24-25-21(27)15-26(20-9-5-6-14-23-20)30(28,29)19-7-3-2-4-8-19/h2-14H,15H2,1H3,(H,25,27)/b24-16+. The van der Waals surface area contributed by atoms with Gasteiger partial charge in [-0.3, -0.25) is 4.79 Å². The van der Waals surface area contributed by atoms with Gasteiger partial charge in [0.05, 0.1) is 10.6 Å². The average molecular weight is 534 g/mol. The Kier molecular flexibility index (Phi) is 7.16. The van der Waals surface area contributed by atoms with Crippen molar-refractivity contribution in [3.05, 3.63) is 88.1 Å². The number of amides is 1. The summed E-state index contributed by atoms with van der Waals surface area (Å²) in [6, 6.07) is 20.4. The fraction of sp³-hybridized carbons (Fsp3) is 0.0952. The molecule has 2 aromatic carbocycles. The Balaban J connectivity index is 1.82. The number of rotatable bonds is 7. The van der Waals surface area contributed by atoms with E-state index in [0.29, 0.717) is 5.71 Å². The lowest BCUT2D eigenvalue weighted by Crippen LogP contribution is -2.40. The van der Waals surface area contributed by atoms with E-state index >= 15 is 0 Å². The zero-order valence-electron chi connectivity index (χ0n) is 16.1. The Bertz CT molecular complexity index is 1140. The monoisotopic (exact) mass is 534 g/mol. The first-order valence-corrected chi connectivity index (χ1v) is 11.5. The van der Waals surface area contributed by atoms with Crippen LogP contribution in [0.3, 0.4) is 0 Å². The number of benzene rings is 2. The van der Waals surface area contributed by atoms with Crippen LogP contribution in [0.5, 0.6) is 0 Å². The highest BCUT2D eigenvalue weighted by molar-refractivity contribution is 14.1. The maximum absolute atomic E-state index is 13.1. The molecular weight excluding hydrogens is 515 g/mol. The van der Waals surface area contributed by atoms with Crippen LogP contribution in [0.15, 0.2) is 89.0 Å². The molecule has 0 fully saturated rings. The molecule has 0 bridgehead atoms. The number of hydrogen-bond acceptors (Lipinski definition) is 5. The summed E-state index contributed by atoms with van der Waals surface area (Å²) < 4.78 is 28.3. The van der Waals surface area contributed by atoms with Crippen LogP contribution in [0, 0.1) is 3.57 Å². The summed E-state index contributed by atoms with van der Waals surface area (Å²) in [7, 11) is -3.98. The fourth-order valence-corrected chi connectivity index (χ4v) is 4.33. The van der Waals surface area contributed by atoms with Crippen molar-refractivity contribution in [3.63, 3.8) is 0 Å². The molecule has 154 valence electrons. The molecule has 7 nitrogen and oxygen atoms in total. The molecule has 1 aromatic heterocycles. The number of halogens is 1. The van der Waals surface area contributed by atoms with Crippen molar-refractivity contribution in [2.24, 2.45) is 5.10 Å². The summed E-state index contributed by atoms with van der Waals surface area (Å²) in [4.78, 5) is 16.7. The zero-order chi connectivity index (χ0) is 21.6. The van der Waals surface area contributed by atoms with Crippen molar-refractivity contribution >= 4 is 50.1 Å². The molecule has 0 atom stereocenters. The van der Waals surface area contributed by atoms with E-state index in [9.17, 15) is 13.2 Å². The molecule has 0 saturated heterocycles. The van der Waals surface area contributed by atoms with Crippen LogP contribution in [-0.2, 0) is 14.8 Å². The van der Waals surface area contributed by atoms with E-state index in [4.69, 9.17) is 0 Å². The second kappa shape index (κ2) is 9.81. The third-order valence-corrected chi connectivity index (χ3v) is 6.62. The highest BCUT2D eigenvalue weighted by Gasteiger charge is 2.27. The van der Waals surface area contributed by atoms with Gasteiger partial charge in [-0.15, -0.1) is 0 Å². The summed E-state index contributed by atoms with van der Waals surface area (Å²) >= 11 is 2.20. The molecule has 1 N–H and O–H groups in total. The topological polar surface area (TPSA) is 91.7 Å². The van der Waals surface area contributed by atoms with Crippen LogP contribution >= 0.6 is 22.6 Å². The number of nitrogens with zero attached hydrogens (tertiary/aromatic N) is 3. The summed E-state index contributed by atoms with van der Waals surface area (Å²) in [6.45, 7) is 1.30. The van der Waals surface area contributed by atoms with Crippen molar-refractivity contribution in [3.8, 4) is 0 Å². The molecule has 0 radical (unpaired) electrons. The molecule has 30 heavy (non-hydrogen) atoms. The van der Waals surface area contributed by atoms with Crippen LogP contribution < -0.4 is 9.73 Å². The average Bonchev–Trinajstić information content (AvgIpc) is 2.77. The number of carbonyl (C=O) groups is 1. The van der Waals surface area contributed by atoms with Crippen LogP contribution in [0.25, 0.3) is 0 Å². The zero-order valence-corrected chi connectivity index (χ0v) is 19.0. The Morgan fingerprint density at radius 1 is 1.03 bits per heavy atom. The van der Waals surface area contributed by atoms with Gasteiger partial charge in [0.15, 0.2) is 0 Å². The third-order valence-electron chi connectivity index (χ3n) is 4.13. The molecule has 3 rings (SSSR count). The van der Waals surface area contributed by atoms with Crippen LogP contribution in [0.1, 0.15) is 12.5 Å². The van der Waals surface area contributed by atoms with E-state index in [2.05, 4.69) is 38.1 Å². The van der Waals surface area contributed by atoms with E-state index in [1.54, 1.807) is 37.3 Å². The van der Waals surface area contributed by atoms with E-state index in [1.165, 1.54) is 24.4 Å². The first-order valence-electron chi connectivity index (χ1n) is 8.96. The number of aromatic nitrogens is 1. The molecule has 1 heterocycles. The number of hydrazone groups is 1. The maximum Gasteiger partial charge on any atom is 0.265 e. The Labute approximate surface area is 189 Å². The van der Waals surface area contributed by atoms with E-state index in [1.807, 2.05) is 24.3 Å². The normalized spacial score (nSPS) is 11.7. The lowest BCUT2D eigenvalue weighted by atomic mass is 10.1. The van der Waals surface area contributed by atoms with Gasteiger partial charge in [0.1, 0.15) is 12.4 Å². The van der Waals surface area contributed by atoms with Gasteiger partial charge in [-0.1, -0.05) is 36.4 Å².